The number of carbonyl (C=O) groups is 1. The molecule has 0 radical (unpaired) electrons. The second kappa shape index (κ2) is 5.31. The van der Waals surface area contributed by atoms with Crippen LogP contribution in [-0.4, -0.2) is 10.9 Å². The quantitative estimate of drug-likeness (QED) is 0.892. The van der Waals surface area contributed by atoms with E-state index in [0.29, 0.717) is 17.9 Å². The van der Waals surface area contributed by atoms with Gasteiger partial charge in [-0.25, -0.2) is 0 Å². The fraction of sp³-hybridized carbons (Fsp3) is 0.143. The number of hydrogen-bond acceptors (Lipinski definition) is 3. The van der Waals surface area contributed by atoms with E-state index in [0.717, 1.165) is 11.1 Å². The lowest BCUT2D eigenvalue weighted by Gasteiger charge is -2.07. The Morgan fingerprint density at radius 3 is 2.89 bits per heavy atom. The fourth-order valence-corrected chi connectivity index (χ4v) is 1.60. The summed E-state index contributed by atoms with van der Waals surface area (Å²) >= 11 is 0. The minimum absolute atomic E-state index is 0.414. The van der Waals surface area contributed by atoms with E-state index < -0.39 is 5.91 Å². The number of hydrogen-bond donors (Lipinski definition) is 1. The van der Waals surface area contributed by atoms with Crippen molar-refractivity contribution in [1.82, 2.24) is 4.98 Å². The number of nitrogens with zero attached hydrogens (tertiary/aromatic N) is 1. The summed E-state index contributed by atoms with van der Waals surface area (Å²) in [6.45, 7) is 2.39. The Morgan fingerprint density at radius 2 is 2.17 bits per heavy atom. The maximum Gasteiger partial charge on any atom is 0.248 e. The van der Waals surface area contributed by atoms with Gasteiger partial charge >= 0.3 is 0 Å². The Labute approximate surface area is 105 Å². The molecule has 4 nitrogen and oxygen atoms in total. The second-order valence-electron chi connectivity index (χ2n) is 4.05. The predicted molar refractivity (Wildman–Crippen MR) is 68.3 cm³/mol. The molecule has 1 aromatic heterocycles. The molecule has 92 valence electrons. The van der Waals surface area contributed by atoms with Gasteiger partial charge in [-0.15, -0.1) is 0 Å². The third kappa shape index (κ3) is 3.07. The van der Waals surface area contributed by atoms with E-state index >= 15 is 0 Å². The highest BCUT2D eigenvalue weighted by molar-refractivity contribution is 5.93. The van der Waals surface area contributed by atoms with Crippen molar-refractivity contribution >= 4 is 5.91 Å². The molecule has 0 aliphatic rings. The lowest BCUT2D eigenvalue weighted by Crippen LogP contribution is -2.10. The van der Waals surface area contributed by atoms with Gasteiger partial charge in [0.05, 0.1) is 0 Å². The summed E-state index contributed by atoms with van der Waals surface area (Å²) in [5.41, 5.74) is 7.72. The van der Waals surface area contributed by atoms with Gasteiger partial charge in [-0.3, -0.25) is 9.78 Å². The third-order valence-corrected chi connectivity index (χ3v) is 2.46. The van der Waals surface area contributed by atoms with Crippen LogP contribution in [0.3, 0.4) is 0 Å². The molecule has 0 atom stereocenters. The normalized spacial score (nSPS) is 10.1. The predicted octanol–water partition coefficient (Wildman–Crippen LogP) is 2.07. The zero-order chi connectivity index (χ0) is 13.0. The lowest BCUT2D eigenvalue weighted by molar-refractivity contribution is 0.1000. The van der Waals surface area contributed by atoms with Crippen molar-refractivity contribution in [3.05, 3.63) is 59.4 Å². The van der Waals surface area contributed by atoms with E-state index in [-0.39, 0.29) is 0 Å². The molecule has 2 N–H and O–H groups in total. The van der Waals surface area contributed by atoms with Crippen LogP contribution in [0.5, 0.6) is 5.75 Å². The van der Waals surface area contributed by atoms with E-state index in [1.165, 1.54) is 0 Å². The number of rotatable bonds is 4. The summed E-state index contributed by atoms with van der Waals surface area (Å²) in [7, 11) is 0. The van der Waals surface area contributed by atoms with Gasteiger partial charge in [0, 0.05) is 23.5 Å². The monoisotopic (exact) mass is 242 g/mol. The summed E-state index contributed by atoms with van der Waals surface area (Å²) in [6, 6.07) is 8.82. The van der Waals surface area contributed by atoms with Gasteiger partial charge in [0.15, 0.2) is 0 Å². The van der Waals surface area contributed by atoms with Crippen LogP contribution >= 0.6 is 0 Å². The summed E-state index contributed by atoms with van der Waals surface area (Å²) in [5, 5.41) is 0. The van der Waals surface area contributed by atoms with Gasteiger partial charge in [0.2, 0.25) is 5.91 Å². The Hall–Kier alpha value is -2.36. The van der Waals surface area contributed by atoms with Crippen LogP contribution in [0.25, 0.3) is 0 Å². The number of ether oxygens (including phenoxy) is 1. The lowest BCUT2D eigenvalue weighted by atomic mass is 10.2. The molecule has 0 unspecified atom stereocenters. The van der Waals surface area contributed by atoms with Crippen LogP contribution in [0.1, 0.15) is 21.5 Å². The van der Waals surface area contributed by atoms with Crippen LogP contribution in [0, 0.1) is 6.92 Å². The number of carbonyl (C=O) groups excluding carboxylic acids is 1. The summed E-state index contributed by atoms with van der Waals surface area (Å²) in [6.07, 6.45) is 3.54. The number of benzene rings is 1. The van der Waals surface area contributed by atoms with Gasteiger partial charge in [-0.1, -0.05) is 6.07 Å². The fourth-order valence-electron chi connectivity index (χ4n) is 1.60. The molecule has 0 saturated carbocycles. The number of pyridine rings is 1. The molecule has 4 heteroatoms. The van der Waals surface area contributed by atoms with Crippen molar-refractivity contribution in [2.75, 3.05) is 0 Å². The van der Waals surface area contributed by atoms with Crippen molar-refractivity contribution in [3.63, 3.8) is 0 Å². The van der Waals surface area contributed by atoms with E-state index in [2.05, 4.69) is 4.98 Å². The first-order valence-corrected chi connectivity index (χ1v) is 5.58. The van der Waals surface area contributed by atoms with Gasteiger partial charge < -0.3 is 10.5 Å². The molecular weight excluding hydrogens is 228 g/mol. The molecule has 0 aliphatic heterocycles. The largest absolute Gasteiger partial charge is 0.489 e. The summed E-state index contributed by atoms with van der Waals surface area (Å²) < 4.78 is 5.59. The minimum atomic E-state index is -0.460. The number of nitrogens with two attached hydrogens (primary N) is 1. The van der Waals surface area contributed by atoms with Crippen molar-refractivity contribution in [3.8, 4) is 5.75 Å². The number of primary amides is 1. The number of amides is 1. The van der Waals surface area contributed by atoms with E-state index in [1.807, 2.05) is 13.0 Å². The maximum atomic E-state index is 11.0. The van der Waals surface area contributed by atoms with Crippen LogP contribution in [-0.2, 0) is 6.61 Å². The summed E-state index contributed by atoms with van der Waals surface area (Å²) in [5.74, 6) is 0.158. The van der Waals surface area contributed by atoms with Gasteiger partial charge in [0.25, 0.3) is 0 Å². The first kappa shape index (κ1) is 12.1. The Morgan fingerprint density at radius 1 is 1.33 bits per heavy atom. The highest BCUT2D eigenvalue weighted by Crippen LogP contribution is 2.15. The Bertz CT molecular complexity index is 567. The number of aryl methyl sites for hydroxylation is 1. The molecule has 1 heterocycles. The van der Waals surface area contributed by atoms with E-state index in [9.17, 15) is 4.79 Å². The van der Waals surface area contributed by atoms with Crippen LogP contribution in [0.15, 0.2) is 42.7 Å². The molecule has 0 aliphatic carbocycles. The van der Waals surface area contributed by atoms with Crippen molar-refractivity contribution in [2.45, 2.75) is 13.5 Å². The molecule has 1 aromatic carbocycles. The molecule has 0 saturated heterocycles. The first-order chi connectivity index (χ1) is 8.65. The number of aromatic nitrogens is 1. The van der Waals surface area contributed by atoms with Gasteiger partial charge in [-0.05, 0) is 36.8 Å². The molecule has 2 rings (SSSR count). The Balaban J connectivity index is 2.06. The zero-order valence-corrected chi connectivity index (χ0v) is 10.1. The highest BCUT2D eigenvalue weighted by Gasteiger charge is 2.02. The maximum absolute atomic E-state index is 11.0. The highest BCUT2D eigenvalue weighted by atomic mass is 16.5. The molecule has 0 fully saturated rings. The van der Waals surface area contributed by atoms with E-state index in [1.54, 1.807) is 36.7 Å². The standard InChI is InChI=1S/C14H14N2O2/c1-10-5-11(8-16-7-10)9-18-13-4-2-3-12(6-13)14(15)17/h2-8H,9H2,1H3,(H2,15,17). The summed E-state index contributed by atoms with van der Waals surface area (Å²) in [4.78, 5) is 15.1. The average molecular weight is 242 g/mol. The molecule has 0 bridgehead atoms. The second-order valence-corrected chi connectivity index (χ2v) is 4.05. The smallest absolute Gasteiger partial charge is 0.248 e. The average Bonchev–Trinajstić information content (AvgIpc) is 2.37. The van der Waals surface area contributed by atoms with Gasteiger partial charge in [-0.2, -0.15) is 0 Å². The minimum Gasteiger partial charge on any atom is -0.489 e. The first-order valence-electron chi connectivity index (χ1n) is 5.58. The molecule has 1 amide bonds. The molecule has 18 heavy (non-hydrogen) atoms. The molecule has 0 spiro atoms. The zero-order valence-electron chi connectivity index (χ0n) is 10.1. The van der Waals surface area contributed by atoms with Crippen molar-refractivity contribution < 1.29 is 9.53 Å². The van der Waals surface area contributed by atoms with Crippen molar-refractivity contribution in [1.29, 1.82) is 0 Å². The van der Waals surface area contributed by atoms with E-state index in [4.69, 9.17) is 10.5 Å². The van der Waals surface area contributed by atoms with Crippen LogP contribution < -0.4 is 10.5 Å². The SMILES string of the molecule is Cc1cncc(COc2cccc(C(N)=O)c2)c1. The van der Waals surface area contributed by atoms with Gasteiger partial charge in [0.1, 0.15) is 12.4 Å². The third-order valence-electron chi connectivity index (χ3n) is 2.46. The van der Waals surface area contributed by atoms with Crippen LogP contribution in [0.4, 0.5) is 0 Å². The van der Waals surface area contributed by atoms with Crippen molar-refractivity contribution in [2.24, 2.45) is 5.73 Å². The van der Waals surface area contributed by atoms with Crippen LogP contribution in [0.2, 0.25) is 0 Å². The topological polar surface area (TPSA) is 65.2 Å². The molecule has 2 aromatic rings. The molecular formula is C14H14N2O2. The Kier molecular flexibility index (Phi) is 3.57.